The van der Waals surface area contributed by atoms with Crippen LogP contribution in [0.25, 0.3) is 0 Å². The Bertz CT molecular complexity index is 514. The highest BCUT2D eigenvalue weighted by atomic mass is 16.5. The number of nitrogens with zero attached hydrogens (tertiary/aromatic N) is 2. The second-order valence-electron chi connectivity index (χ2n) is 6.57. The van der Waals surface area contributed by atoms with Crippen molar-refractivity contribution in [2.24, 2.45) is 22.1 Å². The van der Waals surface area contributed by atoms with Crippen LogP contribution in [0.4, 0.5) is 0 Å². The molecule has 4 aliphatic rings. The van der Waals surface area contributed by atoms with Crippen molar-refractivity contribution in [1.29, 1.82) is 0 Å². The van der Waals surface area contributed by atoms with Crippen LogP contribution >= 0.6 is 0 Å². The molecule has 3 atom stereocenters. The van der Waals surface area contributed by atoms with E-state index in [0.717, 1.165) is 13.0 Å². The zero-order valence-electron chi connectivity index (χ0n) is 12.3. The molecule has 1 saturated carbocycles. The van der Waals surface area contributed by atoms with Crippen molar-refractivity contribution >= 4 is 6.21 Å². The first-order valence-corrected chi connectivity index (χ1v) is 7.98. The van der Waals surface area contributed by atoms with E-state index in [1.807, 2.05) is 6.08 Å². The highest BCUT2D eigenvalue weighted by Crippen LogP contribution is 2.53. The minimum atomic E-state index is -0.210. The van der Waals surface area contributed by atoms with Crippen molar-refractivity contribution in [3.05, 3.63) is 36.6 Å². The summed E-state index contributed by atoms with van der Waals surface area (Å²) in [5, 5.41) is 0. The van der Waals surface area contributed by atoms with Crippen molar-refractivity contribution in [2.45, 2.75) is 44.1 Å². The maximum absolute atomic E-state index is 6.07. The molecule has 112 valence electrons. The first kappa shape index (κ1) is 13.3. The summed E-state index contributed by atoms with van der Waals surface area (Å²) < 4.78 is 5.87. The number of rotatable bonds is 3. The van der Waals surface area contributed by atoms with E-state index in [1.165, 1.54) is 19.3 Å². The highest BCUT2D eigenvalue weighted by molar-refractivity contribution is 5.71. The van der Waals surface area contributed by atoms with E-state index < -0.39 is 0 Å². The average molecular weight is 285 g/mol. The number of hydrogen-bond donors (Lipinski definition) is 1. The van der Waals surface area contributed by atoms with Crippen molar-refractivity contribution in [1.82, 2.24) is 4.90 Å². The van der Waals surface area contributed by atoms with Gasteiger partial charge in [-0.1, -0.05) is 24.3 Å². The molecular weight excluding hydrogens is 262 g/mol. The van der Waals surface area contributed by atoms with Crippen molar-refractivity contribution in [3.8, 4) is 0 Å². The average Bonchev–Trinajstić information content (AvgIpc) is 2.38. The maximum Gasteiger partial charge on any atom is 0.173 e. The van der Waals surface area contributed by atoms with Gasteiger partial charge in [0, 0.05) is 30.5 Å². The summed E-state index contributed by atoms with van der Waals surface area (Å²) in [4.78, 5) is 6.48. The third-order valence-electron chi connectivity index (χ3n) is 5.61. The fourth-order valence-electron chi connectivity index (χ4n) is 4.17. The molecule has 0 radical (unpaired) electrons. The first-order chi connectivity index (χ1) is 10.3. The van der Waals surface area contributed by atoms with Crippen LogP contribution in [-0.4, -0.2) is 36.2 Å². The summed E-state index contributed by atoms with van der Waals surface area (Å²) in [6, 6.07) is 0.523. The van der Waals surface area contributed by atoms with Gasteiger partial charge in [-0.15, -0.1) is 0 Å². The third kappa shape index (κ3) is 2.09. The quantitative estimate of drug-likeness (QED) is 0.865. The van der Waals surface area contributed by atoms with Crippen molar-refractivity contribution < 1.29 is 4.74 Å². The normalized spacial score (nSPS) is 44.5. The van der Waals surface area contributed by atoms with Gasteiger partial charge in [0.2, 0.25) is 0 Å². The summed E-state index contributed by atoms with van der Waals surface area (Å²) in [5.41, 5.74) is 6.29. The number of nitrogens with two attached hydrogens (primary N) is 1. The zero-order chi connectivity index (χ0) is 14.3. The van der Waals surface area contributed by atoms with E-state index in [4.69, 9.17) is 10.5 Å². The van der Waals surface area contributed by atoms with E-state index in [1.54, 1.807) is 6.21 Å². The summed E-state index contributed by atoms with van der Waals surface area (Å²) in [7, 11) is 0. The lowest BCUT2D eigenvalue weighted by molar-refractivity contribution is -0.147. The van der Waals surface area contributed by atoms with Crippen LogP contribution in [0.1, 0.15) is 25.7 Å². The molecule has 2 aliphatic heterocycles. The standard InChI is InChI=1S/C17H23N3O/c18-16-19-8-4-9-20(16)14-11-13(12-14)17(15-5-10-21-15)6-2-1-3-7-17/h1-4,6,8-9,13-16H,5,7,10-12,18H2. The topological polar surface area (TPSA) is 50.8 Å². The van der Waals surface area contributed by atoms with Crippen LogP contribution in [0, 0.1) is 11.3 Å². The zero-order valence-corrected chi connectivity index (χ0v) is 12.3. The van der Waals surface area contributed by atoms with Crippen LogP contribution in [0.15, 0.2) is 41.6 Å². The predicted octanol–water partition coefficient (Wildman–Crippen LogP) is 2.20. The molecule has 2 heterocycles. The van der Waals surface area contributed by atoms with Gasteiger partial charge in [-0.2, -0.15) is 0 Å². The number of ether oxygens (including phenoxy) is 1. The van der Waals surface area contributed by atoms with Gasteiger partial charge in [0.25, 0.3) is 0 Å². The molecule has 4 heteroatoms. The lowest BCUT2D eigenvalue weighted by Crippen LogP contribution is -2.57. The highest BCUT2D eigenvalue weighted by Gasteiger charge is 2.52. The summed E-state index contributed by atoms with van der Waals surface area (Å²) in [6.45, 7) is 0.925. The number of aliphatic imine (C=N–C) groups is 1. The van der Waals surface area contributed by atoms with Gasteiger partial charge in [-0.25, -0.2) is 0 Å². The fraction of sp³-hybridized carbons (Fsp3) is 0.588. The Morgan fingerprint density at radius 1 is 1.24 bits per heavy atom. The Balaban J connectivity index is 1.45. The van der Waals surface area contributed by atoms with E-state index in [-0.39, 0.29) is 11.7 Å². The SMILES string of the molecule is NC1N=CC=CN1C1CC(C2(C3CCO3)C=CC=CC2)C1. The molecule has 1 saturated heterocycles. The molecule has 4 nitrogen and oxygen atoms in total. The van der Waals surface area contributed by atoms with Gasteiger partial charge in [0.15, 0.2) is 6.29 Å². The van der Waals surface area contributed by atoms with Crippen LogP contribution in [0.5, 0.6) is 0 Å². The molecule has 3 unspecified atom stereocenters. The molecule has 2 N–H and O–H groups in total. The molecule has 2 aliphatic carbocycles. The predicted molar refractivity (Wildman–Crippen MR) is 83.6 cm³/mol. The lowest BCUT2D eigenvalue weighted by Gasteiger charge is -2.56. The molecule has 2 fully saturated rings. The smallest absolute Gasteiger partial charge is 0.173 e. The largest absolute Gasteiger partial charge is 0.377 e. The Morgan fingerprint density at radius 2 is 2.10 bits per heavy atom. The van der Waals surface area contributed by atoms with Gasteiger partial charge >= 0.3 is 0 Å². The molecule has 0 aromatic heterocycles. The summed E-state index contributed by atoms with van der Waals surface area (Å²) in [6.07, 6.45) is 19.8. The van der Waals surface area contributed by atoms with Gasteiger partial charge in [0.1, 0.15) is 0 Å². The van der Waals surface area contributed by atoms with Gasteiger partial charge in [-0.05, 0) is 37.7 Å². The third-order valence-corrected chi connectivity index (χ3v) is 5.61. The molecule has 0 spiro atoms. The summed E-state index contributed by atoms with van der Waals surface area (Å²) in [5.74, 6) is 0.695. The molecule has 21 heavy (non-hydrogen) atoms. The minimum Gasteiger partial charge on any atom is -0.377 e. The Morgan fingerprint density at radius 3 is 2.71 bits per heavy atom. The second kappa shape index (κ2) is 5.11. The monoisotopic (exact) mass is 285 g/mol. The lowest BCUT2D eigenvalue weighted by atomic mass is 9.57. The Kier molecular flexibility index (Phi) is 3.23. The maximum atomic E-state index is 6.07. The van der Waals surface area contributed by atoms with Crippen molar-refractivity contribution in [2.75, 3.05) is 6.61 Å². The van der Waals surface area contributed by atoms with Crippen molar-refractivity contribution in [3.63, 3.8) is 0 Å². The Hall–Kier alpha value is -1.39. The number of allylic oxidation sites excluding steroid dienone is 4. The van der Waals surface area contributed by atoms with Crippen LogP contribution < -0.4 is 5.73 Å². The molecule has 0 aromatic rings. The van der Waals surface area contributed by atoms with E-state index in [0.29, 0.717) is 18.1 Å². The van der Waals surface area contributed by atoms with Crippen LogP contribution in [0.3, 0.4) is 0 Å². The fourth-order valence-corrected chi connectivity index (χ4v) is 4.17. The second-order valence-corrected chi connectivity index (χ2v) is 6.57. The minimum absolute atomic E-state index is 0.210. The molecule has 0 bridgehead atoms. The van der Waals surface area contributed by atoms with Gasteiger partial charge in [-0.3, -0.25) is 10.7 Å². The van der Waals surface area contributed by atoms with E-state index in [9.17, 15) is 0 Å². The molecular formula is C17H23N3O. The van der Waals surface area contributed by atoms with Gasteiger partial charge in [0.05, 0.1) is 6.10 Å². The van der Waals surface area contributed by atoms with Crippen LogP contribution in [0.2, 0.25) is 0 Å². The van der Waals surface area contributed by atoms with Gasteiger partial charge < -0.3 is 9.64 Å². The summed E-state index contributed by atoms with van der Waals surface area (Å²) >= 11 is 0. The molecule has 4 rings (SSSR count). The number of hydrogen-bond acceptors (Lipinski definition) is 4. The molecule has 0 amide bonds. The Labute approximate surface area is 126 Å². The van der Waals surface area contributed by atoms with E-state index >= 15 is 0 Å². The molecule has 0 aromatic carbocycles. The first-order valence-electron chi connectivity index (χ1n) is 7.98. The van der Waals surface area contributed by atoms with Crippen LogP contribution in [-0.2, 0) is 4.74 Å². The van der Waals surface area contributed by atoms with E-state index in [2.05, 4.69) is 40.4 Å².